The molecule has 2 aliphatic carbocycles. The summed E-state index contributed by atoms with van der Waals surface area (Å²) in [7, 11) is -3.55. The van der Waals surface area contributed by atoms with E-state index in [1.54, 1.807) is 17.6 Å². The molecule has 44 heavy (non-hydrogen) atoms. The first kappa shape index (κ1) is 32.5. The normalized spacial score (nSPS) is 23.3. The molecular weight excluding hydrogens is 645 g/mol. The molecule has 242 valence electrons. The molecule has 4 N–H and O–H groups in total. The van der Waals surface area contributed by atoms with Crippen molar-refractivity contribution in [2.24, 2.45) is 5.92 Å². The first-order valence-corrected chi connectivity index (χ1v) is 16.2. The minimum absolute atomic E-state index is 0.0634. The van der Waals surface area contributed by atoms with Gasteiger partial charge in [-0.2, -0.15) is 35.7 Å². The number of nitrogens with one attached hydrogen (secondary N) is 2. The van der Waals surface area contributed by atoms with Gasteiger partial charge in [0.1, 0.15) is 32.3 Å². The minimum atomic E-state index is -6.52. The molecule has 0 saturated heterocycles. The van der Waals surface area contributed by atoms with Gasteiger partial charge >= 0.3 is 18.0 Å². The average Bonchev–Trinajstić information content (AvgIpc) is 3.61. The summed E-state index contributed by atoms with van der Waals surface area (Å²) in [5, 5.41) is 26.2. The van der Waals surface area contributed by atoms with Crippen LogP contribution in [0.2, 0.25) is 0 Å². The van der Waals surface area contributed by atoms with E-state index in [9.17, 15) is 49.4 Å². The van der Waals surface area contributed by atoms with Crippen LogP contribution in [0.1, 0.15) is 36.6 Å². The van der Waals surface area contributed by atoms with Gasteiger partial charge in [0, 0.05) is 24.3 Å². The Morgan fingerprint density at radius 3 is 2.34 bits per heavy atom. The molecule has 3 aromatic heterocycles. The first-order valence-electron chi connectivity index (χ1n) is 13.3. The van der Waals surface area contributed by atoms with Crippen molar-refractivity contribution in [3.8, 4) is 10.6 Å². The highest BCUT2D eigenvalue weighted by Gasteiger charge is 2.72. The van der Waals surface area contributed by atoms with Gasteiger partial charge in [-0.25, -0.2) is 18.4 Å². The molecule has 0 amide bonds. The number of fused-ring (bicyclic) bond motifs is 1. The highest BCUT2D eigenvalue weighted by atomic mass is 32.2. The van der Waals surface area contributed by atoms with Crippen LogP contribution in [0, 0.1) is 12.8 Å². The molecule has 0 unspecified atom stereocenters. The Bertz CT molecular complexity index is 1670. The molecular formula is C25H27F7N6O4S2. The largest absolute Gasteiger partial charge is 0.459 e. The summed E-state index contributed by atoms with van der Waals surface area (Å²) in [5.41, 5.74) is 1.67. The van der Waals surface area contributed by atoms with E-state index in [0.717, 1.165) is 29.5 Å². The SMILES string of the molecule is Cc1nc(NCC(F)(F)C(F)(F)C(F)(F)F)nc(N[C@@H]2C[C@H](CS(C)(=O)=O)[C@@H](O)[C@H]2O)c1-c1nc2c(C3CC3)nccc2s1. The van der Waals surface area contributed by atoms with Gasteiger partial charge in [0.2, 0.25) is 5.95 Å². The molecule has 3 heterocycles. The summed E-state index contributed by atoms with van der Waals surface area (Å²) in [5.74, 6) is -13.9. The molecule has 19 heteroatoms. The van der Waals surface area contributed by atoms with Crippen LogP contribution in [-0.2, 0) is 9.84 Å². The van der Waals surface area contributed by atoms with Crippen molar-refractivity contribution in [1.29, 1.82) is 0 Å². The van der Waals surface area contributed by atoms with Crippen LogP contribution in [0.15, 0.2) is 12.3 Å². The van der Waals surface area contributed by atoms with Gasteiger partial charge in [-0.1, -0.05) is 0 Å². The van der Waals surface area contributed by atoms with Crippen LogP contribution in [0.4, 0.5) is 42.5 Å². The fourth-order valence-corrected chi connectivity index (χ4v) is 7.33. The molecule has 0 bridgehead atoms. The summed E-state index contributed by atoms with van der Waals surface area (Å²) in [6, 6.07) is 0.712. The molecule has 2 fully saturated rings. The Morgan fingerprint density at radius 1 is 1.05 bits per heavy atom. The van der Waals surface area contributed by atoms with E-state index in [-0.39, 0.29) is 29.4 Å². The maximum absolute atomic E-state index is 14.0. The van der Waals surface area contributed by atoms with Crippen LogP contribution in [0.25, 0.3) is 20.8 Å². The van der Waals surface area contributed by atoms with E-state index in [1.165, 1.54) is 18.3 Å². The number of rotatable bonds is 10. The Labute approximate surface area is 250 Å². The summed E-state index contributed by atoms with van der Waals surface area (Å²) < 4.78 is 117. The van der Waals surface area contributed by atoms with Crippen LogP contribution in [0.5, 0.6) is 0 Å². The highest BCUT2D eigenvalue weighted by molar-refractivity contribution is 7.90. The number of thiazole rings is 1. The molecule has 3 aromatic rings. The van der Waals surface area contributed by atoms with Crippen molar-refractivity contribution in [2.75, 3.05) is 29.2 Å². The molecule has 2 saturated carbocycles. The predicted octanol–water partition coefficient (Wildman–Crippen LogP) is 4.15. The number of aliphatic hydroxyl groups excluding tert-OH is 2. The van der Waals surface area contributed by atoms with Crippen LogP contribution >= 0.6 is 11.3 Å². The van der Waals surface area contributed by atoms with Crippen LogP contribution in [-0.4, -0.2) is 93.4 Å². The van der Waals surface area contributed by atoms with Gasteiger partial charge < -0.3 is 20.8 Å². The zero-order valence-corrected chi connectivity index (χ0v) is 24.7. The number of anilines is 2. The van der Waals surface area contributed by atoms with Gasteiger partial charge in [-0.15, -0.1) is 11.3 Å². The van der Waals surface area contributed by atoms with E-state index < -0.39 is 70.3 Å². The number of alkyl halides is 7. The fraction of sp³-hybridized carbons (Fsp3) is 0.600. The zero-order valence-electron chi connectivity index (χ0n) is 23.0. The first-order chi connectivity index (χ1) is 20.3. The average molecular weight is 673 g/mol. The van der Waals surface area contributed by atoms with Gasteiger partial charge in [0.05, 0.1) is 46.1 Å². The second-order valence-electron chi connectivity index (χ2n) is 11.1. The van der Waals surface area contributed by atoms with E-state index in [1.807, 2.05) is 0 Å². The van der Waals surface area contributed by atoms with E-state index >= 15 is 0 Å². The topological polar surface area (TPSA) is 150 Å². The number of pyridine rings is 1. The van der Waals surface area contributed by atoms with E-state index in [2.05, 4.69) is 20.3 Å². The number of hydrogen-bond acceptors (Lipinski definition) is 11. The zero-order chi connectivity index (χ0) is 32.4. The lowest BCUT2D eigenvalue weighted by atomic mass is 10.1. The van der Waals surface area contributed by atoms with Gasteiger partial charge in [0.15, 0.2) is 0 Å². The van der Waals surface area contributed by atoms with Crippen molar-refractivity contribution in [1.82, 2.24) is 19.9 Å². The number of nitrogens with zero attached hydrogens (tertiary/aromatic N) is 4. The van der Waals surface area contributed by atoms with Gasteiger partial charge in [0.25, 0.3) is 0 Å². The second-order valence-corrected chi connectivity index (χ2v) is 14.4. The number of aryl methyl sites for hydroxylation is 1. The van der Waals surface area contributed by atoms with Crippen LogP contribution in [0.3, 0.4) is 0 Å². The molecule has 5 rings (SSSR count). The number of aromatic nitrogens is 4. The quantitative estimate of drug-likeness (QED) is 0.232. The third-order valence-electron chi connectivity index (χ3n) is 7.53. The Morgan fingerprint density at radius 2 is 1.73 bits per heavy atom. The minimum Gasteiger partial charge on any atom is -0.390 e. The predicted molar refractivity (Wildman–Crippen MR) is 147 cm³/mol. The lowest BCUT2D eigenvalue weighted by molar-refractivity contribution is -0.350. The van der Waals surface area contributed by atoms with Crippen LogP contribution < -0.4 is 10.6 Å². The highest BCUT2D eigenvalue weighted by Crippen LogP contribution is 2.47. The van der Waals surface area contributed by atoms with E-state index in [0.29, 0.717) is 10.5 Å². The standard InChI is InChI=1S/C25H27F7N6O4S2/c1-10-15(21-37-17-14(43-21)5-6-33-16(17)11-3-4-11)20(36-13-7-12(8-44(2,41)42)18(39)19(13)40)38-22(35-10)34-9-23(26,27)24(28,29)25(30,31)32/h5-6,11-13,18-19,39-40H,3-4,7-9H2,1-2H3,(H2,34,35,36,38)/t12-,13-,18-,19+/m1/s1. The smallest absolute Gasteiger partial charge is 0.390 e. The van der Waals surface area contributed by atoms with Crippen molar-refractivity contribution < 1.29 is 49.4 Å². The lowest BCUT2D eigenvalue weighted by Crippen LogP contribution is -2.55. The maximum Gasteiger partial charge on any atom is 0.459 e. The van der Waals surface area contributed by atoms with E-state index in [4.69, 9.17) is 4.98 Å². The summed E-state index contributed by atoms with van der Waals surface area (Å²) in [4.78, 5) is 17.2. The maximum atomic E-state index is 14.0. The molecule has 10 nitrogen and oxygen atoms in total. The number of halogens is 7. The Kier molecular flexibility index (Phi) is 8.24. The van der Waals surface area contributed by atoms with Crippen molar-refractivity contribution in [3.05, 3.63) is 23.7 Å². The van der Waals surface area contributed by atoms with Crippen molar-refractivity contribution in [3.63, 3.8) is 0 Å². The summed E-state index contributed by atoms with van der Waals surface area (Å²) in [6.07, 6.45) is -5.08. The summed E-state index contributed by atoms with van der Waals surface area (Å²) in [6.45, 7) is -0.759. The summed E-state index contributed by atoms with van der Waals surface area (Å²) >= 11 is 1.21. The monoisotopic (exact) mass is 672 g/mol. The number of sulfone groups is 1. The fourth-order valence-electron chi connectivity index (χ4n) is 5.16. The molecule has 0 aromatic carbocycles. The Hall–Kier alpha value is -2.90. The molecule has 0 radical (unpaired) electrons. The van der Waals surface area contributed by atoms with Gasteiger partial charge in [-0.3, -0.25) is 4.98 Å². The third-order valence-corrected chi connectivity index (χ3v) is 9.60. The van der Waals surface area contributed by atoms with Gasteiger partial charge in [-0.05, 0) is 32.3 Å². The van der Waals surface area contributed by atoms with Crippen molar-refractivity contribution >= 4 is 43.2 Å². The molecule has 0 spiro atoms. The number of aliphatic hydroxyl groups is 2. The molecule has 2 aliphatic rings. The third kappa shape index (κ3) is 6.28. The second kappa shape index (κ2) is 11.2. The number of hydrogen-bond donors (Lipinski definition) is 4. The molecule has 0 aliphatic heterocycles. The molecule has 4 atom stereocenters. The van der Waals surface area contributed by atoms with Crippen molar-refractivity contribution in [2.45, 2.75) is 68.4 Å². The lowest BCUT2D eigenvalue weighted by Gasteiger charge is -2.28. The Balaban J connectivity index is 1.53.